The lowest BCUT2D eigenvalue weighted by molar-refractivity contribution is 0.0733. The molecular formula is C17H34N2. The van der Waals surface area contributed by atoms with Gasteiger partial charge in [0, 0.05) is 18.6 Å². The molecule has 2 nitrogen and oxygen atoms in total. The molecule has 1 atom stereocenters. The van der Waals surface area contributed by atoms with Crippen LogP contribution in [0.2, 0.25) is 0 Å². The summed E-state index contributed by atoms with van der Waals surface area (Å²) in [5.74, 6) is 0.870. The molecular weight excluding hydrogens is 232 g/mol. The Morgan fingerprint density at radius 2 is 1.42 bits per heavy atom. The number of hydrogen-bond acceptors (Lipinski definition) is 2. The fourth-order valence-corrected chi connectivity index (χ4v) is 4.47. The van der Waals surface area contributed by atoms with Crippen molar-refractivity contribution >= 4 is 0 Å². The van der Waals surface area contributed by atoms with Crippen molar-refractivity contribution in [2.24, 2.45) is 11.7 Å². The molecule has 0 saturated heterocycles. The van der Waals surface area contributed by atoms with Crippen molar-refractivity contribution in [3.8, 4) is 0 Å². The van der Waals surface area contributed by atoms with E-state index in [1.54, 1.807) is 0 Å². The average molecular weight is 266 g/mol. The van der Waals surface area contributed by atoms with Crippen LogP contribution in [0.4, 0.5) is 0 Å². The van der Waals surface area contributed by atoms with Gasteiger partial charge in [-0.1, -0.05) is 51.9 Å². The fraction of sp³-hybridized carbons (Fsp3) is 1.00. The minimum atomic E-state index is 0.659. The van der Waals surface area contributed by atoms with Crippen LogP contribution in [-0.4, -0.2) is 30.1 Å². The molecule has 2 rings (SSSR count). The molecule has 0 aromatic heterocycles. The van der Waals surface area contributed by atoms with E-state index in [0.717, 1.165) is 18.5 Å². The topological polar surface area (TPSA) is 29.3 Å². The van der Waals surface area contributed by atoms with Crippen molar-refractivity contribution < 1.29 is 0 Å². The van der Waals surface area contributed by atoms with Gasteiger partial charge in [-0.15, -0.1) is 0 Å². The van der Waals surface area contributed by atoms with Crippen LogP contribution in [0.5, 0.6) is 0 Å². The van der Waals surface area contributed by atoms with Crippen LogP contribution in [0.15, 0.2) is 0 Å². The van der Waals surface area contributed by atoms with Crippen molar-refractivity contribution in [1.29, 1.82) is 0 Å². The Hall–Kier alpha value is -0.0800. The summed E-state index contributed by atoms with van der Waals surface area (Å²) in [7, 11) is 0. The molecule has 0 heterocycles. The van der Waals surface area contributed by atoms with Crippen LogP contribution in [0.1, 0.15) is 77.6 Å². The Kier molecular flexibility index (Phi) is 6.66. The lowest BCUT2D eigenvalue weighted by Gasteiger charge is -2.42. The van der Waals surface area contributed by atoms with Crippen LogP contribution in [0.3, 0.4) is 0 Å². The van der Waals surface area contributed by atoms with Crippen molar-refractivity contribution in [3.05, 3.63) is 0 Å². The van der Waals surface area contributed by atoms with E-state index in [0.29, 0.717) is 6.04 Å². The van der Waals surface area contributed by atoms with E-state index in [2.05, 4.69) is 11.8 Å². The van der Waals surface area contributed by atoms with Gasteiger partial charge < -0.3 is 5.73 Å². The van der Waals surface area contributed by atoms with E-state index >= 15 is 0 Å². The first-order valence-corrected chi connectivity index (χ1v) is 8.82. The third kappa shape index (κ3) is 4.19. The highest BCUT2D eigenvalue weighted by molar-refractivity contribution is 4.86. The summed E-state index contributed by atoms with van der Waals surface area (Å²) in [5, 5.41) is 0. The minimum absolute atomic E-state index is 0.659. The quantitative estimate of drug-likeness (QED) is 0.764. The maximum absolute atomic E-state index is 6.20. The van der Waals surface area contributed by atoms with E-state index in [1.807, 2.05) is 0 Å². The zero-order valence-corrected chi connectivity index (χ0v) is 12.9. The molecule has 2 aliphatic carbocycles. The van der Waals surface area contributed by atoms with Gasteiger partial charge in [0.1, 0.15) is 0 Å². The highest BCUT2D eigenvalue weighted by Gasteiger charge is 2.31. The van der Waals surface area contributed by atoms with Gasteiger partial charge in [0.2, 0.25) is 0 Å². The second kappa shape index (κ2) is 8.26. The summed E-state index contributed by atoms with van der Waals surface area (Å²) in [4.78, 5) is 2.79. The number of nitrogens with zero attached hydrogens (tertiary/aromatic N) is 1. The highest BCUT2D eigenvalue weighted by atomic mass is 15.2. The monoisotopic (exact) mass is 266 g/mol. The Bertz CT molecular complexity index is 227. The van der Waals surface area contributed by atoms with Crippen LogP contribution in [0.25, 0.3) is 0 Å². The van der Waals surface area contributed by atoms with E-state index < -0.39 is 0 Å². The molecule has 2 saturated carbocycles. The van der Waals surface area contributed by atoms with E-state index in [4.69, 9.17) is 5.73 Å². The molecule has 0 aliphatic heterocycles. The van der Waals surface area contributed by atoms with Crippen molar-refractivity contribution in [2.45, 2.75) is 89.6 Å². The molecule has 2 N–H and O–H groups in total. The summed E-state index contributed by atoms with van der Waals surface area (Å²) < 4.78 is 0. The lowest BCUT2D eigenvalue weighted by Crippen LogP contribution is -2.51. The molecule has 1 unspecified atom stereocenters. The van der Waals surface area contributed by atoms with Gasteiger partial charge in [-0.3, -0.25) is 4.90 Å². The third-order valence-corrected chi connectivity index (χ3v) is 5.52. The van der Waals surface area contributed by atoms with Gasteiger partial charge in [-0.25, -0.2) is 0 Å². The van der Waals surface area contributed by atoms with Gasteiger partial charge in [-0.05, 0) is 38.1 Å². The molecule has 0 bridgehead atoms. The molecule has 19 heavy (non-hydrogen) atoms. The predicted octanol–water partition coefficient (Wildman–Crippen LogP) is 3.94. The van der Waals surface area contributed by atoms with Gasteiger partial charge >= 0.3 is 0 Å². The number of rotatable bonds is 5. The van der Waals surface area contributed by atoms with Crippen LogP contribution in [0, 0.1) is 5.92 Å². The number of nitrogens with two attached hydrogens (primary N) is 1. The van der Waals surface area contributed by atoms with Gasteiger partial charge in [0.05, 0.1) is 0 Å². The molecule has 0 radical (unpaired) electrons. The van der Waals surface area contributed by atoms with Gasteiger partial charge in [0.15, 0.2) is 0 Å². The Balaban J connectivity index is 1.99. The minimum Gasteiger partial charge on any atom is -0.329 e. The molecule has 0 aromatic rings. The highest BCUT2D eigenvalue weighted by Crippen LogP contribution is 2.31. The second-order valence-corrected chi connectivity index (χ2v) is 6.68. The van der Waals surface area contributed by atoms with E-state index in [-0.39, 0.29) is 0 Å². The Labute approximate surface area is 120 Å². The second-order valence-electron chi connectivity index (χ2n) is 6.68. The first kappa shape index (κ1) is 15.3. The molecule has 0 amide bonds. The average Bonchev–Trinajstić information content (AvgIpc) is 2.74. The summed E-state index contributed by atoms with van der Waals surface area (Å²) in [5.41, 5.74) is 6.20. The van der Waals surface area contributed by atoms with E-state index in [1.165, 1.54) is 77.2 Å². The largest absolute Gasteiger partial charge is 0.329 e. The number of likely N-dealkylation sites (N-methyl/N-ethyl adjacent to an activating group) is 1. The summed E-state index contributed by atoms with van der Waals surface area (Å²) in [6.45, 7) is 4.41. The molecule has 2 aliphatic rings. The van der Waals surface area contributed by atoms with Crippen LogP contribution < -0.4 is 5.73 Å². The fourth-order valence-electron chi connectivity index (χ4n) is 4.47. The van der Waals surface area contributed by atoms with Crippen LogP contribution >= 0.6 is 0 Å². The predicted molar refractivity (Wildman–Crippen MR) is 83.3 cm³/mol. The zero-order valence-electron chi connectivity index (χ0n) is 12.9. The first-order valence-electron chi connectivity index (χ1n) is 8.82. The van der Waals surface area contributed by atoms with Gasteiger partial charge in [-0.2, -0.15) is 0 Å². The first-order chi connectivity index (χ1) is 9.36. The molecule has 2 heteroatoms. The van der Waals surface area contributed by atoms with Crippen molar-refractivity contribution in [2.75, 3.05) is 13.1 Å². The standard InChI is InChI=1S/C17H34N2/c1-2-19(16-12-8-5-9-13-16)17(14-18)15-10-6-3-4-7-11-15/h15-17H,2-14,18H2,1H3. The van der Waals surface area contributed by atoms with E-state index in [9.17, 15) is 0 Å². The molecule has 0 aromatic carbocycles. The Morgan fingerprint density at radius 1 is 0.895 bits per heavy atom. The Morgan fingerprint density at radius 3 is 1.95 bits per heavy atom. The van der Waals surface area contributed by atoms with Crippen molar-refractivity contribution in [1.82, 2.24) is 4.90 Å². The smallest absolute Gasteiger partial charge is 0.0249 e. The van der Waals surface area contributed by atoms with Crippen molar-refractivity contribution in [3.63, 3.8) is 0 Å². The van der Waals surface area contributed by atoms with Gasteiger partial charge in [0.25, 0.3) is 0 Å². The molecule has 112 valence electrons. The van der Waals surface area contributed by atoms with Crippen LogP contribution in [-0.2, 0) is 0 Å². The lowest BCUT2D eigenvalue weighted by atomic mass is 9.87. The zero-order chi connectivity index (χ0) is 13.5. The molecule has 2 fully saturated rings. The number of hydrogen-bond donors (Lipinski definition) is 1. The summed E-state index contributed by atoms with van der Waals surface area (Å²) in [6.07, 6.45) is 15.8. The summed E-state index contributed by atoms with van der Waals surface area (Å²) >= 11 is 0. The third-order valence-electron chi connectivity index (χ3n) is 5.52. The maximum atomic E-state index is 6.20. The summed E-state index contributed by atoms with van der Waals surface area (Å²) in [6, 6.07) is 1.49. The normalized spacial score (nSPS) is 25.4. The SMILES string of the molecule is CCN(C1CCCCC1)C(CN)C1CCCCCC1. The maximum Gasteiger partial charge on any atom is 0.0249 e. The molecule has 0 spiro atoms.